The summed E-state index contributed by atoms with van der Waals surface area (Å²) in [5.41, 5.74) is 1.17. The summed E-state index contributed by atoms with van der Waals surface area (Å²) in [4.78, 5) is 16.6. The molecule has 0 atom stereocenters. The lowest BCUT2D eigenvalue weighted by Crippen LogP contribution is -2.13. The number of nitrogens with one attached hydrogen (secondary N) is 2. The second-order valence-corrected chi connectivity index (χ2v) is 5.45. The van der Waals surface area contributed by atoms with Crippen molar-refractivity contribution in [3.63, 3.8) is 0 Å². The molecule has 1 heterocycles. The molecule has 24 heavy (non-hydrogen) atoms. The molecule has 0 aliphatic rings. The molecule has 1 amide bonds. The average molecular weight is 327 g/mol. The highest BCUT2D eigenvalue weighted by atomic mass is 16.5. The first-order valence-electron chi connectivity index (χ1n) is 8.47. The SMILES string of the molecule is CCCCCNc1ccc(C(=O)Nc2ccccc2OCC)cn1. The quantitative estimate of drug-likeness (QED) is 0.673. The van der Waals surface area contributed by atoms with Crippen LogP contribution in [-0.4, -0.2) is 24.0 Å². The van der Waals surface area contributed by atoms with Gasteiger partial charge in [0.15, 0.2) is 0 Å². The highest BCUT2D eigenvalue weighted by Gasteiger charge is 2.10. The minimum atomic E-state index is -0.202. The van der Waals surface area contributed by atoms with Crippen molar-refractivity contribution < 1.29 is 9.53 Å². The van der Waals surface area contributed by atoms with Gasteiger partial charge < -0.3 is 15.4 Å². The molecule has 5 heteroatoms. The van der Waals surface area contributed by atoms with E-state index in [0.717, 1.165) is 18.8 Å². The standard InChI is InChI=1S/C19H25N3O2/c1-3-5-8-13-20-18-12-11-15(14-21-18)19(23)22-16-9-6-7-10-17(16)24-4-2/h6-7,9-12,14H,3-5,8,13H2,1-2H3,(H,20,21)(H,22,23). The molecule has 2 rings (SSSR count). The third kappa shape index (κ3) is 5.26. The van der Waals surface area contributed by atoms with Crippen molar-refractivity contribution in [2.45, 2.75) is 33.1 Å². The van der Waals surface area contributed by atoms with Crippen molar-refractivity contribution >= 4 is 17.4 Å². The predicted molar refractivity (Wildman–Crippen MR) is 97.8 cm³/mol. The number of nitrogens with zero attached hydrogens (tertiary/aromatic N) is 1. The molecule has 0 unspecified atom stereocenters. The Morgan fingerprint density at radius 2 is 1.96 bits per heavy atom. The van der Waals surface area contributed by atoms with Gasteiger partial charge in [-0.1, -0.05) is 31.9 Å². The van der Waals surface area contributed by atoms with Crippen LogP contribution in [-0.2, 0) is 0 Å². The zero-order valence-electron chi connectivity index (χ0n) is 14.3. The van der Waals surface area contributed by atoms with Gasteiger partial charge in [0.05, 0.1) is 17.9 Å². The molecule has 1 aromatic carbocycles. The zero-order valence-corrected chi connectivity index (χ0v) is 14.3. The fraction of sp³-hybridized carbons (Fsp3) is 0.368. The molecule has 0 saturated heterocycles. The summed E-state index contributed by atoms with van der Waals surface area (Å²) in [7, 11) is 0. The first-order valence-corrected chi connectivity index (χ1v) is 8.47. The number of ether oxygens (including phenoxy) is 1. The van der Waals surface area contributed by atoms with E-state index < -0.39 is 0 Å². The van der Waals surface area contributed by atoms with Gasteiger partial charge in [0.1, 0.15) is 11.6 Å². The molecule has 0 radical (unpaired) electrons. The third-order valence-electron chi connectivity index (χ3n) is 3.55. The van der Waals surface area contributed by atoms with Gasteiger partial charge in [-0.15, -0.1) is 0 Å². The molecule has 0 aliphatic carbocycles. The highest BCUT2D eigenvalue weighted by Crippen LogP contribution is 2.24. The van der Waals surface area contributed by atoms with Crippen LogP contribution in [0.15, 0.2) is 42.6 Å². The zero-order chi connectivity index (χ0) is 17.2. The molecule has 128 valence electrons. The van der Waals surface area contributed by atoms with Crippen molar-refractivity contribution in [2.24, 2.45) is 0 Å². The van der Waals surface area contributed by atoms with Gasteiger partial charge in [-0.05, 0) is 37.6 Å². The summed E-state index contributed by atoms with van der Waals surface area (Å²) >= 11 is 0. The van der Waals surface area contributed by atoms with Gasteiger partial charge in [0.25, 0.3) is 5.91 Å². The van der Waals surface area contributed by atoms with E-state index in [2.05, 4.69) is 22.5 Å². The Hall–Kier alpha value is -2.56. The number of aromatic nitrogens is 1. The average Bonchev–Trinajstić information content (AvgIpc) is 2.61. The summed E-state index contributed by atoms with van der Waals surface area (Å²) in [6.07, 6.45) is 5.10. The van der Waals surface area contributed by atoms with Crippen LogP contribution in [0.4, 0.5) is 11.5 Å². The summed E-state index contributed by atoms with van der Waals surface area (Å²) in [5, 5.41) is 6.12. The lowest BCUT2D eigenvalue weighted by molar-refractivity contribution is 0.102. The molecule has 2 N–H and O–H groups in total. The smallest absolute Gasteiger partial charge is 0.257 e. The van der Waals surface area contributed by atoms with Crippen molar-refractivity contribution in [3.05, 3.63) is 48.2 Å². The van der Waals surface area contributed by atoms with Crippen molar-refractivity contribution in [1.82, 2.24) is 4.98 Å². The van der Waals surface area contributed by atoms with E-state index in [0.29, 0.717) is 23.6 Å². The molecular formula is C19H25N3O2. The molecule has 0 bridgehead atoms. The van der Waals surface area contributed by atoms with Crippen LogP contribution >= 0.6 is 0 Å². The summed E-state index contributed by atoms with van der Waals surface area (Å²) in [6, 6.07) is 11.0. The fourth-order valence-electron chi connectivity index (χ4n) is 2.27. The Morgan fingerprint density at radius 3 is 2.67 bits per heavy atom. The number of benzene rings is 1. The Kier molecular flexibility index (Phi) is 7.08. The maximum atomic E-state index is 12.4. The molecule has 0 saturated carbocycles. The van der Waals surface area contributed by atoms with Gasteiger partial charge in [-0.2, -0.15) is 0 Å². The maximum Gasteiger partial charge on any atom is 0.257 e. The first kappa shape index (κ1) is 17.8. The Balaban J connectivity index is 1.95. The topological polar surface area (TPSA) is 63.2 Å². The van der Waals surface area contributed by atoms with Crippen LogP contribution in [0.1, 0.15) is 43.5 Å². The highest BCUT2D eigenvalue weighted by molar-refractivity contribution is 6.04. The number of carbonyl (C=O) groups excluding carboxylic acids is 1. The van der Waals surface area contributed by atoms with Crippen molar-refractivity contribution in [2.75, 3.05) is 23.8 Å². The van der Waals surface area contributed by atoms with E-state index in [1.165, 1.54) is 12.8 Å². The lowest BCUT2D eigenvalue weighted by Gasteiger charge is -2.11. The van der Waals surface area contributed by atoms with Crippen LogP contribution in [0.25, 0.3) is 0 Å². The van der Waals surface area contributed by atoms with Crippen LogP contribution in [0, 0.1) is 0 Å². The number of hydrogen-bond acceptors (Lipinski definition) is 4. The normalized spacial score (nSPS) is 10.2. The second-order valence-electron chi connectivity index (χ2n) is 5.45. The molecule has 2 aromatic rings. The minimum absolute atomic E-state index is 0.202. The molecular weight excluding hydrogens is 302 g/mol. The van der Waals surface area contributed by atoms with Gasteiger partial charge in [-0.3, -0.25) is 4.79 Å². The van der Waals surface area contributed by atoms with Crippen molar-refractivity contribution in [1.29, 1.82) is 0 Å². The first-order chi connectivity index (χ1) is 11.7. The van der Waals surface area contributed by atoms with Gasteiger partial charge >= 0.3 is 0 Å². The van der Waals surface area contributed by atoms with Gasteiger partial charge in [0.2, 0.25) is 0 Å². The Bertz CT molecular complexity index is 641. The van der Waals surface area contributed by atoms with E-state index in [1.807, 2.05) is 37.3 Å². The van der Waals surface area contributed by atoms with Crippen LogP contribution in [0.5, 0.6) is 5.75 Å². The number of amides is 1. The number of carbonyl (C=O) groups is 1. The molecule has 0 spiro atoms. The number of pyridine rings is 1. The number of hydrogen-bond donors (Lipinski definition) is 2. The summed E-state index contributed by atoms with van der Waals surface area (Å²) < 4.78 is 5.52. The number of para-hydroxylation sites is 2. The van der Waals surface area contributed by atoms with Crippen molar-refractivity contribution in [3.8, 4) is 5.75 Å². The van der Waals surface area contributed by atoms with Crippen LogP contribution in [0.3, 0.4) is 0 Å². The third-order valence-corrected chi connectivity index (χ3v) is 3.55. The number of rotatable bonds is 9. The van der Waals surface area contributed by atoms with E-state index in [1.54, 1.807) is 12.3 Å². The van der Waals surface area contributed by atoms with Crippen LogP contribution < -0.4 is 15.4 Å². The molecule has 0 fully saturated rings. The van der Waals surface area contributed by atoms with Gasteiger partial charge in [-0.25, -0.2) is 4.98 Å². The van der Waals surface area contributed by atoms with Gasteiger partial charge in [0, 0.05) is 12.7 Å². The number of unbranched alkanes of at least 4 members (excludes halogenated alkanes) is 2. The number of anilines is 2. The van der Waals surface area contributed by atoms with Crippen LogP contribution in [0.2, 0.25) is 0 Å². The Morgan fingerprint density at radius 1 is 1.12 bits per heavy atom. The summed E-state index contributed by atoms with van der Waals surface area (Å²) in [5.74, 6) is 1.25. The largest absolute Gasteiger partial charge is 0.492 e. The van der Waals surface area contributed by atoms with E-state index >= 15 is 0 Å². The predicted octanol–water partition coefficient (Wildman–Crippen LogP) is 4.33. The maximum absolute atomic E-state index is 12.4. The minimum Gasteiger partial charge on any atom is -0.492 e. The monoisotopic (exact) mass is 327 g/mol. The van der Waals surface area contributed by atoms with E-state index in [9.17, 15) is 4.79 Å². The van der Waals surface area contributed by atoms with E-state index in [-0.39, 0.29) is 5.91 Å². The Labute approximate surface area is 143 Å². The van der Waals surface area contributed by atoms with E-state index in [4.69, 9.17) is 4.74 Å². The fourth-order valence-corrected chi connectivity index (χ4v) is 2.27. The summed E-state index contributed by atoms with van der Waals surface area (Å²) in [6.45, 7) is 5.53. The molecule has 5 nitrogen and oxygen atoms in total. The lowest BCUT2D eigenvalue weighted by atomic mass is 10.2. The molecule has 0 aliphatic heterocycles. The second kappa shape index (κ2) is 9.55. The molecule has 1 aromatic heterocycles.